The van der Waals surface area contributed by atoms with Gasteiger partial charge in [0.15, 0.2) is 0 Å². The van der Waals surface area contributed by atoms with Crippen LogP contribution in [0.5, 0.6) is 0 Å². The van der Waals surface area contributed by atoms with Crippen molar-refractivity contribution in [1.82, 2.24) is 9.80 Å². The lowest BCUT2D eigenvalue weighted by Crippen LogP contribution is -2.28. The van der Waals surface area contributed by atoms with Crippen molar-refractivity contribution in [1.29, 1.82) is 0 Å². The topological polar surface area (TPSA) is 40.6 Å². The fourth-order valence-electron chi connectivity index (χ4n) is 9.14. The number of hydrogen-bond donors (Lipinski definition) is 0. The van der Waals surface area contributed by atoms with Crippen molar-refractivity contribution >= 4 is 135 Å². The van der Waals surface area contributed by atoms with E-state index in [2.05, 4.69) is 24.3 Å². The Labute approximate surface area is 306 Å². The van der Waals surface area contributed by atoms with Gasteiger partial charge < -0.3 is 0 Å². The lowest BCUT2D eigenvalue weighted by atomic mass is 9.67. The molecule has 3 aromatic rings. The van der Waals surface area contributed by atoms with E-state index in [0.717, 1.165) is 14.7 Å². The summed E-state index contributed by atoms with van der Waals surface area (Å²) in [5, 5.41) is 0. The fraction of sp³-hybridized carbons (Fsp3) is 0.444. The van der Waals surface area contributed by atoms with Crippen molar-refractivity contribution in [3.63, 3.8) is 0 Å². The van der Waals surface area contributed by atoms with E-state index in [-0.39, 0.29) is 22.6 Å². The van der Waals surface area contributed by atoms with E-state index >= 15 is 0 Å². The molecule has 9 rings (SSSR count). The van der Waals surface area contributed by atoms with Crippen LogP contribution in [0.3, 0.4) is 0 Å². The maximum atomic E-state index is 13.2. The summed E-state index contributed by atoms with van der Waals surface area (Å²) in [5.74, 6) is 0.0778. The minimum atomic E-state index is 0.0334. The molecule has 5 heterocycles. The van der Waals surface area contributed by atoms with Gasteiger partial charge in [0, 0.05) is 48.1 Å². The Kier molecular flexibility index (Phi) is 7.66. The number of allylic oxidation sites excluding steroid dienone is 2. The Balaban J connectivity index is 1.19. The van der Waals surface area contributed by atoms with Gasteiger partial charge in [0.2, 0.25) is 0 Å². The predicted molar refractivity (Wildman–Crippen MR) is 211 cm³/mol. The number of hydrogen-bond acceptors (Lipinski definition) is 9. The SMILES string of the molecule is CCN1C(=O)/C(=C/c2cc3c(s2)C2=C(c4sc5cc(/C=C6\SC(=S)N(CC)C6=O)sc5c4C24CCCCC4)C32CCCCC2)SC1=S. The van der Waals surface area contributed by atoms with E-state index in [1.807, 2.05) is 47.9 Å². The number of thiophene rings is 3. The van der Waals surface area contributed by atoms with Crippen LogP contribution in [0.4, 0.5) is 0 Å². The van der Waals surface area contributed by atoms with Crippen LogP contribution in [0.1, 0.15) is 109 Å². The molecule has 2 spiro atoms. The van der Waals surface area contributed by atoms with Crippen LogP contribution in [0.2, 0.25) is 0 Å². The summed E-state index contributed by atoms with van der Waals surface area (Å²) >= 11 is 19.7. The highest BCUT2D eigenvalue weighted by atomic mass is 32.2. The summed E-state index contributed by atoms with van der Waals surface area (Å²) in [6.07, 6.45) is 16.7. The molecule has 0 bridgehead atoms. The van der Waals surface area contributed by atoms with Crippen LogP contribution in [-0.4, -0.2) is 43.3 Å². The molecule has 4 nitrogen and oxygen atoms in total. The molecule has 11 heteroatoms. The second-order valence-corrected chi connectivity index (χ2v) is 20.0. The number of fused-ring (bicyclic) bond motifs is 10. The summed E-state index contributed by atoms with van der Waals surface area (Å²) < 4.78 is 4.13. The van der Waals surface area contributed by atoms with E-state index < -0.39 is 0 Å². The van der Waals surface area contributed by atoms with Crippen molar-refractivity contribution in [2.24, 2.45) is 0 Å². The van der Waals surface area contributed by atoms with Gasteiger partial charge in [-0.1, -0.05) is 86.5 Å². The number of thiocarbonyl (C=S) groups is 2. The molecule has 2 amide bonds. The molecule has 2 saturated heterocycles. The highest BCUT2D eigenvalue weighted by Crippen LogP contribution is 2.72. The van der Waals surface area contributed by atoms with Gasteiger partial charge in [0.05, 0.1) is 14.5 Å². The Morgan fingerprint density at radius 1 is 0.702 bits per heavy atom. The van der Waals surface area contributed by atoms with Gasteiger partial charge in [0.25, 0.3) is 11.8 Å². The number of amides is 2. The van der Waals surface area contributed by atoms with Crippen molar-refractivity contribution < 1.29 is 9.59 Å². The van der Waals surface area contributed by atoms with Crippen molar-refractivity contribution in [3.05, 3.63) is 52.6 Å². The van der Waals surface area contributed by atoms with Gasteiger partial charge in [-0.05, 0) is 86.1 Å². The molecule has 0 radical (unpaired) electrons. The van der Waals surface area contributed by atoms with Crippen LogP contribution in [-0.2, 0) is 20.4 Å². The number of carbonyl (C=O) groups is 2. The minimum Gasteiger partial charge on any atom is -0.293 e. The number of carbonyl (C=O) groups excluding carboxylic acids is 2. The number of rotatable bonds is 4. The number of thioether (sulfide) groups is 2. The van der Waals surface area contributed by atoms with E-state index in [1.165, 1.54) is 112 Å². The van der Waals surface area contributed by atoms with E-state index in [9.17, 15) is 9.59 Å². The first-order valence-corrected chi connectivity index (χ1v) is 21.7. The van der Waals surface area contributed by atoms with Crippen LogP contribution in [0.15, 0.2) is 21.9 Å². The van der Waals surface area contributed by atoms with Crippen LogP contribution >= 0.6 is 82.0 Å². The molecule has 0 unspecified atom stereocenters. The molecule has 2 aliphatic heterocycles. The van der Waals surface area contributed by atoms with Gasteiger partial charge in [-0.2, -0.15) is 0 Å². The quantitative estimate of drug-likeness (QED) is 0.195. The Bertz CT molecular complexity index is 2030. The molecule has 4 aliphatic carbocycles. The van der Waals surface area contributed by atoms with Crippen LogP contribution in [0, 0.1) is 0 Å². The van der Waals surface area contributed by atoms with Crippen molar-refractivity contribution in [2.45, 2.75) is 88.9 Å². The molecule has 6 aliphatic rings. The third kappa shape index (κ3) is 4.42. The van der Waals surface area contributed by atoms with E-state index in [4.69, 9.17) is 24.4 Å². The largest absolute Gasteiger partial charge is 0.293 e. The standard InChI is InChI=1S/C36H34N2O2S7/c1-3-37-31(39)23(46-33(37)41)17-19-15-21-28(43-19)25-26(35(21)11-7-5-8-12-35)30-27(36(25)13-9-6-10-14-36)29-22(45-30)16-20(44-29)18-24-32(40)38(4-2)34(42)47-24/h15-18H,3-14H2,1-2H3/b23-17-,24-18-. The molecule has 47 heavy (non-hydrogen) atoms. The molecule has 0 atom stereocenters. The lowest BCUT2D eigenvalue weighted by Gasteiger charge is -2.37. The second-order valence-electron chi connectivity index (χ2n) is 13.4. The van der Waals surface area contributed by atoms with Gasteiger partial charge in [-0.3, -0.25) is 19.4 Å². The molecule has 242 valence electrons. The summed E-state index contributed by atoms with van der Waals surface area (Å²) in [6, 6.07) is 4.79. The van der Waals surface area contributed by atoms with E-state index in [0.29, 0.717) is 21.7 Å². The van der Waals surface area contributed by atoms with E-state index in [1.54, 1.807) is 31.4 Å². The van der Waals surface area contributed by atoms with Gasteiger partial charge in [0.1, 0.15) is 8.64 Å². The van der Waals surface area contributed by atoms with Crippen molar-refractivity contribution in [2.75, 3.05) is 13.1 Å². The zero-order valence-electron chi connectivity index (χ0n) is 26.4. The average Bonchev–Trinajstić information content (AvgIpc) is 3.90. The zero-order valence-corrected chi connectivity index (χ0v) is 32.1. The molecule has 2 saturated carbocycles. The third-order valence-corrected chi connectivity index (χ3v) is 17.4. The summed E-state index contributed by atoms with van der Waals surface area (Å²) in [4.78, 5) is 36.5. The summed E-state index contributed by atoms with van der Waals surface area (Å²) in [5.41, 5.74) is 6.55. The Morgan fingerprint density at radius 3 is 1.79 bits per heavy atom. The monoisotopic (exact) mass is 750 g/mol. The molecular formula is C36H34N2O2S7. The maximum Gasteiger partial charge on any atom is 0.266 e. The first-order chi connectivity index (χ1) is 22.8. The second kappa shape index (κ2) is 11.5. The molecular weight excluding hydrogens is 717 g/mol. The smallest absolute Gasteiger partial charge is 0.266 e. The third-order valence-electron chi connectivity index (χ3n) is 11.1. The van der Waals surface area contributed by atoms with Gasteiger partial charge >= 0.3 is 0 Å². The predicted octanol–water partition coefficient (Wildman–Crippen LogP) is 10.8. The Hall–Kier alpha value is -1.60. The summed E-state index contributed by atoms with van der Waals surface area (Å²) in [7, 11) is 0. The number of nitrogens with zero attached hydrogens (tertiary/aromatic N) is 2. The van der Waals surface area contributed by atoms with Gasteiger partial charge in [-0.15, -0.1) is 34.0 Å². The molecule has 0 N–H and O–H groups in total. The van der Waals surface area contributed by atoms with Crippen LogP contribution in [0.25, 0.3) is 32.7 Å². The highest BCUT2D eigenvalue weighted by molar-refractivity contribution is 8.27. The Morgan fingerprint density at radius 2 is 1.23 bits per heavy atom. The summed E-state index contributed by atoms with van der Waals surface area (Å²) in [6.45, 7) is 5.19. The first-order valence-electron chi connectivity index (χ1n) is 16.8. The minimum absolute atomic E-state index is 0.0334. The zero-order chi connectivity index (χ0) is 32.2. The normalized spacial score (nSPS) is 24.8. The average molecular weight is 751 g/mol. The molecule has 3 aromatic heterocycles. The maximum absolute atomic E-state index is 13.2. The molecule has 0 aromatic carbocycles. The molecule has 4 fully saturated rings. The van der Waals surface area contributed by atoms with Crippen LogP contribution < -0.4 is 0 Å². The van der Waals surface area contributed by atoms with Crippen molar-refractivity contribution in [3.8, 4) is 0 Å². The number of likely N-dealkylation sites (N-methyl/N-ethyl adjacent to an activating group) is 2. The van der Waals surface area contributed by atoms with Gasteiger partial charge in [-0.25, -0.2) is 0 Å². The lowest BCUT2D eigenvalue weighted by molar-refractivity contribution is -0.122. The fourth-order valence-corrected chi connectivity index (χ4v) is 16.3. The first kappa shape index (κ1) is 31.4. The highest BCUT2D eigenvalue weighted by Gasteiger charge is 2.59.